The number of nitrogens with one attached hydrogen (secondary N) is 1. The zero-order valence-electron chi connectivity index (χ0n) is 16.4. The van der Waals surface area contributed by atoms with E-state index in [-0.39, 0.29) is 17.7 Å². The molecule has 0 aliphatic carbocycles. The van der Waals surface area contributed by atoms with Gasteiger partial charge in [0, 0.05) is 37.9 Å². The Hall–Kier alpha value is -3.29. The lowest BCUT2D eigenvalue weighted by molar-refractivity contribution is -0.118. The van der Waals surface area contributed by atoms with Gasteiger partial charge in [-0.1, -0.05) is 18.2 Å². The highest BCUT2D eigenvalue weighted by Crippen LogP contribution is 2.25. The first-order valence-corrected chi connectivity index (χ1v) is 9.87. The highest BCUT2D eigenvalue weighted by Gasteiger charge is 2.35. The van der Waals surface area contributed by atoms with E-state index in [1.54, 1.807) is 23.5 Å². The van der Waals surface area contributed by atoms with Gasteiger partial charge in [-0.25, -0.2) is 9.97 Å². The summed E-state index contributed by atoms with van der Waals surface area (Å²) >= 11 is 0. The molecule has 1 aromatic heterocycles. The summed E-state index contributed by atoms with van der Waals surface area (Å²) < 4.78 is 0. The molecule has 1 amide bonds. The van der Waals surface area contributed by atoms with Gasteiger partial charge in [0.15, 0.2) is 5.78 Å². The first-order chi connectivity index (χ1) is 14.1. The Kier molecular flexibility index (Phi) is 5.50. The van der Waals surface area contributed by atoms with Gasteiger partial charge in [0.1, 0.15) is 11.8 Å². The Morgan fingerprint density at radius 1 is 1.10 bits per heavy atom. The lowest BCUT2D eigenvalue weighted by atomic mass is 10.0. The van der Waals surface area contributed by atoms with E-state index in [0.717, 1.165) is 25.1 Å². The molecule has 0 bridgehead atoms. The molecule has 2 aliphatic heterocycles. The number of carbonyl (C=O) groups excluding carboxylic acids is 2. The summed E-state index contributed by atoms with van der Waals surface area (Å²) in [6, 6.07) is 10.8. The Balaban J connectivity index is 1.44. The summed E-state index contributed by atoms with van der Waals surface area (Å²) in [6.07, 6.45) is 5.59. The van der Waals surface area contributed by atoms with Gasteiger partial charge in [-0.3, -0.25) is 14.6 Å². The number of hydrazone groups is 1. The number of anilines is 2. The van der Waals surface area contributed by atoms with Crippen LogP contribution in [0.5, 0.6) is 0 Å². The third-order valence-corrected chi connectivity index (χ3v) is 5.25. The van der Waals surface area contributed by atoms with Gasteiger partial charge in [-0.15, -0.1) is 0 Å². The van der Waals surface area contributed by atoms with E-state index >= 15 is 0 Å². The molecule has 2 aromatic rings. The van der Waals surface area contributed by atoms with Crippen LogP contribution in [0.2, 0.25) is 0 Å². The van der Waals surface area contributed by atoms with Gasteiger partial charge >= 0.3 is 0 Å². The highest BCUT2D eigenvalue weighted by atomic mass is 16.2. The van der Waals surface area contributed by atoms with Crippen LogP contribution in [0.3, 0.4) is 0 Å². The number of para-hydroxylation sites is 1. The van der Waals surface area contributed by atoms with Crippen molar-refractivity contribution in [3.8, 4) is 0 Å². The summed E-state index contributed by atoms with van der Waals surface area (Å²) in [6.45, 7) is 3.06. The fraction of sp³-hybridized carbons (Fsp3) is 0.381. The van der Waals surface area contributed by atoms with E-state index in [1.807, 2.05) is 30.3 Å². The van der Waals surface area contributed by atoms with Crippen LogP contribution in [0.1, 0.15) is 26.2 Å². The highest BCUT2D eigenvalue weighted by molar-refractivity contribution is 6.40. The average molecular weight is 392 g/mol. The molecule has 1 aromatic carbocycles. The molecule has 29 heavy (non-hydrogen) atoms. The van der Waals surface area contributed by atoms with E-state index in [4.69, 9.17) is 0 Å². The number of aromatic nitrogens is 2. The SMILES string of the molecule is CC(=O)C1CC(C(=O)NC2CCCN(c3ncccn3)C2)=NN1c1ccccc1. The number of rotatable bonds is 5. The smallest absolute Gasteiger partial charge is 0.267 e. The summed E-state index contributed by atoms with van der Waals surface area (Å²) in [5.41, 5.74) is 1.20. The van der Waals surface area contributed by atoms with Crippen LogP contribution in [0.4, 0.5) is 11.6 Å². The maximum atomic E-state index is 12.9. The van der Waals surface area contributed by atoms with Crippen LogP contribution in [-0.4, -0.2) is 52.5 Å². The van der Waals surface area contributed by atoms with E-state index in [0.29, 0.717) is 24.6 Å². The van der Waals surface area contributed by atoms with Gasteiger partial charge < -0.3 is 10.2 Å². The number of Topliss-reactive ketones (excluding diaryl/α,β-unsaturated/α-hetero) is 1. The van der Waals surface area contributed by atoms with Crippen LogP contribution in [0.15, 0.2) is 53.9 Å². The van der Waals surface area contributed by atoms with Crippen LogP contribution in [-0.2, 0) is 9.59 Å². The van der Waals surface area contributed by atoms with Crippen molar-refractivity contribution in [2.45, 2.75) is 38.3 Å². The van der Waals surface area contributed by atoms with Crippen molar-refractivity contribution in [2.24, 2.45) is 5.10 Å². The Labute approximate surface area is 169 Å². The van der Waals surface area contributed by atoms with Gasteiger partial charge in [0.05, 0.1) is 5.69 Å². The summed E-state index contributed by atoms with van der Waals surface area (Å²) in [4.78, 5) is 35.7. The number of hydrogen-bond acceptors (Lipinski definition) is 7. The minimum absolute atomic E-state index is 0.00882. The van der Waals surface area contributed by atoms with Crippen molar-refractivity contribution in [1.29, 1.82) is 0 Å². The maximum absolute atomic E-state index is 12.9. The zero-order chi connectivity index (χ0) is 20.2. The maximum Gasteiger partial charge on any atom is 0.267 e. The molecule has 0 saturated carbocycles. The van der Waals surface area contributed by atoms with E-state index in [2.05, 4.69) is 25.3 Å². The molecule has 4 rings (SSSR count). The molecule has 150 valence electrons. The molecule has 2 aliphatic rings. The molecule has 3 heterocycles. The standard InChI is InChI=1S/C21H24N6O2/c1-15(28)19-13-18(25-27(19)17-8-3-2-4-9-17)20(29)24-16-7-5-12-26(14-16)21-22-10-6-11-23-21/h2-4,6,8-11,16,19H,5,7,12-14H2,1H3,(H,24,29). The Morgan fingerprint density at radius 2 is 1.86 bits per heavy atom. The molecule has 1 saturated heterocycles. The van der Waals surface area contributed by atoms with Crippen molar-refractivity contribution in [2.75, 3.05) is 23.0 Å². The van der Waals surface area contributed by atoms with Gasteiger partial charge in [-0.2, -0.15) is 5.10 Å². The molecule has 0 spiro atoms. The van der Waals surface area contributed by atoms with Gasteiger partial charge in [-0.05, 0) is 38.0 Å². The number of hydrogen-bond donors (Lipinski definition) is 1. The number of benzene rings is 1. The number of carbonyl (C=O) groups is 2. The molecular formula is C21H24N6O2. The van der Waals surface area contributed by atoms with E-state index in [1.165, 1.54) is 6.92 Å². The molecule has 2 unspecified atom stereocenters. The monoisotopic (exact) mass is 392 g/mol. The van der Waals surface area contributed by atoms with Crippen LogP contribution in [0.25, 0.3) is 0 Å². The van der Waals surface area contributed by atoms with E-state index < -0.39 is 6.04 Å². The van der Waals surface area contributed by atoms with Crippen molar-refractivity contribution in [1.82, 2.24) is 15.3 Å². The fourth-order valence-electron chi connectivity index (χ4n) is 3.78. The number of ketones is 1. The molecule has 1 fully saturated rings. The van der Waals surface area contributed by atoms with Crippen molar-refractivity contribution < 1.29 is 9.59 Å². The topological polar surface area (TPSA) is 90.8 Å². The van der Waals surface area contributed by atoms with Crippen molar-refractivity contribution in [3.05, 3.63) is 48.8 Å². The predicted octanol–water partition coefficient (Wildman–Crippen LogP) is 1.79. The summed E-state index contributed by atoms with van der Waals surface area (Å²) in [5.74, 6) is 0.456. The normalized spacial score (nSPS) is 21.6. The van der Waals surface area contributed by atoms with Crippen LogP contribution < -0.4 is 15.2 Å². The molecule has 1 N–H and O–H groups in total. The van der Waals surface area contributed by atoms with Crippen LogP contribution in [0, 0.1) is 0 Å². The van der Waals surface area contributed by atoms with Crippen LogP contribution >= 0.6 is 0 Å². The van der Waals surface area contributed by atoms with E-state index in [9.17, 15) is 9.59 Å². The molecule has 8 nitrogen and oxygen atoms in total. The third-order valence-electron chi connectivity index (χ3n) is 5.25. The van der Waals surface area contributed by atoms with Crippen molar-refractivity contribution in [3.63, 3.8) is 0 Å². The molecule has 2 atom stereocenters. The lowest BCUT2D eigenvalue weighted by Crippen LogP contribution is -2.49. The second-order valence-electron chi connectivity index (χ2n) is 7.36. The first-order valence-electron chi connectivity index (χ1n) is 9.87. The van der Waals surface area contributed by atoms with Gasteiger partial charge in [0.25, 0.3) is 5.91 Å². The zero-order valence-corrected chi connectivity index (χ0v) is 16.4. The number of nitrogens with zero attached hydrogens (tertiary/aromatic N) is 5. The van der Waals surface area contributed by atoms with Crippen molar-refractivity contribution >= 4 is 29.0 Å². The van der Waals surface area contributed by atoms with Gasteiger partial charge in [0.2, 0.25) is 5.95 Å². The predicted molar refractivity (Wildman–Crippen MR) is 111 cm³/mol. The largest absolute Gasteiger partial charge is 0.346 e. The summed E-state index contributed by atoms with van der Waals surface area (Å²) in [7, 11) is 0. The third kappa shape index (κ3) is 4.26. The molecular weight excluding hydrogens is 368 g/mol. The minimum atomic E-state index is -0.446. The Morgan fingerprint density at radius 3 is 2.59 bits per heavy atom. The quantitative estimate of drug-likeness (QED) is 0.834. The molecule has 8 heteroatoms. The molecule has 0 radical (unpaired) electrons. The first kappa shape index (κ1) is 19.0. The average Bonchev–Trinajstić information content (AvgIpc) is 3.21. The second kappa shape index (κ2) is 8.38. The number of piperidine rings is 1. The Bertz CT molecular complexity index is 902. The lowest BCUT2D eigenvalue weighted by Gasteiger charge is -2.33. The number of amides is 1. The fourth-order valence-corrected chi connectivity index (χ4v) is 3.78. The minimum Gasteiger partial charge on any atom is -0.346 e. The summed E-state index contributed by atoms with van der Waals surface area (Å²) in [5, 5.41) is 9.22. The second-order valence-corrected chi connectivity index (χ2v) is 7.36.